The average molecular weight is 575 g/mol. The Labute approximate surface area is 263 Å². The number of anilines is 4. The molecule has 5 aromatic carbocycles. The van der Waals surface area contributed by atoms with Gasteiger partial charge in [-0.1, -0.05) is 127 Å². The molecule has 0 amide bonds. The quantitative estimate of drug-likeness (QED) is 0.178. The minimum absolute atomic E-state index is 0.390. The fourth-order valence-corrected chi connectivity index (χ4v) is 6.46. The topological polar surface area (TPSA) is 6.48 Å². The maximum atomic E-state index is 2.54. The molecule has 0 bridgehead atoms. The summed E-state index contributed by atoms with van der Waals surface area (Å²) in [5.74, 6) is 0. The predicted octanol–water partition coefficient (Wildman–Crippen LogP) is 11.3. The van der Waals surface area contributed by atoms with E-state index in [0.717, 1.165) is 22.7 Å². The maximum Gasteiger partial charge on any atom is 0.150 e. The van der Waals surface area contributed by atoms with Crippen molar-refractivity contribution in [3.8, 4) is 0 Å². The molecule has 0 saturated carbocycles. The van der Waals surface area contributed by atoms with Crippen molar-refractivity contribution >= 4 is 28.3 Å². The Bertz CT molecular complexity index is 1590. The molecule has 44 heavy (non-hydrogen) atoms. The van der Waals surface area contributed by atoms with Gasteiger partial charge in [0.25, 0.3) is 0 Å². The van der Waals surface area contributed by atoms with Crippen LogP contribution in [0.5, 0.6) is 0 Å². The number of allylic oxidation sites excluding steroid dienone is 2. The van der Waals surface area contributed by atoms with Gasteiger partial charge in [0.15, 0.2) is 0 Å². The third kappa shape index (κ3) is 5.37. The molecule has 0 aliphatic heterocycles. The fourth-order valence-electron chi connectivity index (χ4n) is 6.46. The van der Waals surface area contributed by atoms with Crippen molar-refractivity contribution in [2.24, 2.45) is 5.41 Å². The Kier molecular flexibility index (Phi) is 7.78. The zero-order valence-corrected chi connectivity index (χ0v) is 26.8. The highest BCUT2D eigenvalue weighted by Crippen LogP contribution is 2.54. The van der Waals surface area contributed by atoms with Gasteiger partial charge in [-0.05, 0) is 93.4 Å². The Hall–Kier alpha value is -4.82. The molecule has 0 atom stereocenters. The predicted molar refractivity (Wildman–Crippen MR) is 189 cm³/mol. The molecular formula is C42H42N2. The third-order valence-corrected chi connectivity index (χ3v) is 8.92. The SMILES string of the molecule is Cc1ccc(N(c2ccc(C)cc2)C2(N(c3ccc(C)cc3)c3ccc(C)cc3)C=CC(c3ccccc3)=CC2(C)C)cc1. The highest BCUT2D eigenvalue weighted by Gasteiger charge is 2.54. The number of hydrogen-bond donors (Lipinski definition) is 0. The largest absolute Gasteiger partial charge is 0.313 e. The van der Waals surface area contributed by atoms with Crippen LogP contribution < -0.4 is 9.80 Å². The molecule has 0 spiro atoms. The second-order valence-electron chi connectivity index (χ2n) is 12.8. The third-order valence-electron chi connectivity index (χ3n) is 8.92. The first-order chi connectivity index (χ1) is 21.2. The van der Waals surface area contributed by atoms with Crippen molar-refractivity contribution in [3.05, 3.63) is 173 Å². The summed E-state index contributed by atoms with van der Waals surface area (Å²) in [6, 6.07) is 46.6. The molecule has 0 heterocycles. The molecule has 0 radical (unpaired) electrons. The summed E-state index contributed by atoms with van der Waals surface area (Å²) in [4.78, 5) is 5.08. The van der Waals surface area contributed by atoms with Crippen LogP contribution in [-0.4, -0.2) is 5.66 Å². The lowest BCUT2D eigenvalue weighted by molar-refractivity contribution is 0.283. The second kappa shape index (κ2) is 11.7. The van der Waals surface area contributed by atoms with Gasteiger partial charge in [-0.2, -0.15) is 0 Å². The van der Waals surface area contributed by atoms with Gasteiger partial charge in [0.1, 0.15) is 5.66 Å². The van der Waals surface area contributed by atoms with E-state index in [1.165, 1.54) is 33.4 Å². The smallest absolute Gasteiger partial charge is 0.150 e. The van der Waals surface area contributed by atoms with E-state index in [2.05, 4.69) is 197 Å². The van der Waals surface area contributed by atoms with E-state index in [4.69, 9.17) is 0 Å². The van der Waals surface area contributed by atoms with Crippen LogP contribution in [0.3, 0.4) is 0 Å². The van der Waals surface area contributed by atoms with Gasteiger partial charge in [0.2, 0.25) is 0 Å². The van der Waals surface area contributed by atoms with Gasteiger partial charge in [-0.15, -0.1) is 0 Å². The van der Waals surface area contributed by atoms with Gasteiger partial charge in [-0.25, -0.2) is 0 Å². The highest BCUT2D eigenvalue weighted by molar-refractivity contribution is 5.83. The number of nitrogens with zero attached hydrogens (tertiary/aromatic N) is 2. The van der Waals surface area contributed by atoms with Crippen LogP contribution >= 0.6 is 0 Å². The standard InChI is InChI=1S/C42H42N2/c1-31-12-20-37(21-13-31)43(38-22-14-32(2)15-23-38)42(29-28-36(30-41(42,5)6)35-10-8-7-9-11-35)44(39-24-16-33(3)17-25-39)40-26-18-34(4)19-27-40/h7-30H,1-6H3. The van der Waals surface area contributed by atoms with Gasteiger partial charge in [0, 0.05) is 28.2 Å². The lowest BCUT2D eigenvalue weighted by Crippen LogP contribution is -2.65. The molecule has 0 N–H and O–H groups in total. The molecule has 0 aromatic heterocycles. The molecule has 5 aromatic rings. The zero-order valence-electron chi connectivity index (χ0n) is 26.8. The summed E-state index contributed by atoms with van der Waals surface area (Å²) in [5.41, 5.74) is 10.9. The second-order valence-corrected chi connectivity index (χ2v) is 12.8. The van der Waals surface area contributed by atoms with Crippen LogP contribution in [0.2, 0.25) is 0 Å². The Morgan fingerprint density at radius 1 is 0.432 bits per heavy atom. The van der Waals surface area contributed by atoms with E-state index in [9.17, 15) is 0 Å². The summed E-state index contributed by atoms with van der Waals surface area (Å²) in [5, 5.41) is 0. The van der Waals surface area contributed by atoms with Crippen LogP contribution in [-0.2, 0) is 0 Å². The Morgan fingerprint density at radius 2 is 0.773 bits per heavy atom. The fraction of sp³-hybridized carbons (Fsp3) is 0.190. The maximum absolute atomic E-state index is 2.54. The van der Waals surface area contributed by atoms with Crippen LogP contribution in [0.4, 0.5) is 22.7 Å². The molecular weight excluding hydrogens is 532 g/mol. The van der Waals surface area contributed by atoms with Crippen molar-refractivity contribution in [3.63, 3.8) is 0 Å². The van der Waals surface area contributed by atoms with E-state index in [1.54, 1.807) is 0 Å². The normalized spacial score (nSPS) is 15.0. The lowest BCUT2D eigenvalue weighted by Gasteiger charge is -2.59. The molecule has 0 fully saturated rings. The summed E-state index contributed by atoms with van der Waals surface area (Å²) in [7, 11) is 0. The van der Waals surface area contributed by atoms with Crippen molar-refractivity contribution in [2.45, 2.75) is 47.2 Å². The Balaban J connectivity index is 1.71. The van der Waals surface area contributed by atoms with Crippen molar-refractivity contribution < 1.29 is 0 Å². The number of hydrogen-bond acceptors (Lipinski definition) is 2. The van der Waals surface area contributed by atoms with E-state index < -0.39 is 11.1 Å². The van der Waals surface area contributed by atoms with Crippen LogP contribution in [0.1, 0.15) is 41.7 Å². The van der Waals surface area contributed by atoms with E-state index in [-0.39, 0.29) is 0 Å². The number of rotatable bonds is 7. The van der Waals surface area contributed by atoms with Crippen LogP contribution in [0.25, 0.3) is 5.57 Å². The molecule has 0 saturated heterocycles. The summed E-state index contributed by atoms with van der Waals surface area (Å²) < 4.78 is 0. The average Bonchev–Trinajstić information content (AvgIpc) is 3.02. The number of aryl methyl sites for hydroxylation is 4. The van der Waals surface area contributed by atoms with E-state index in [0.29, 0.717) is 0 Å². The van der Waals surface area contributed by atoms with Gasteiger partial charge in [-0.3, -0.25) is 0 Å². The lowest BCUT2D eigenvalue weighted by atomic mass is 9.70. The molecule has 1 aliphatic carbocycles. The molecule has 0 unspecified atom stereocenters. The summed E-state index contributed by atoms with van der Waals surface area (Å²) >= 11 is 0. The first-order valence-corrected chi connectivity index (χ1v) is 15.5. The van der Waals surface area contributed by atoms with Crippen molar-refractivity contribution in [2.75, 3.05) is 9.80 Å². The Morgan fingerprint density at radius 3 is 1.09 bits per heavy atom. The van der Waals surface area contributed by atoms with E-state index in [1.807, 2.05) is 0 Å². The summed E-state index contributed by atoms with van der Waals surface area (Å²) in [6.07, 6.45) is 7.23. The molecule has 2 heteroatoms. The molecule has 6 rings (SSSR count). The first kappa shape index (κ1) is 29.3. The molecule has 2 nitrogen and oxygen atoms in total. The van der Waals surface area contributed by atoms with Gasteiger partial charge in [0.05, 0.1) is 0 Å². The molecule has 220 valence electrons. The van der Waals surface area contributed by atoms with E-state index >= 15 is 0 Å². The highest BCUT2D eigenvalue weighted by atomic mass is 15.4. The number of benzene rings is 5. The van der Waals surface area contributed by atoms with Crippen LogP contribution in [0, 0.1) is 33.1 Å². The zero-order chi connectivity index (χ0) is 30.9. The first-order valence-electron chi connectivity index (χ1n) is 15.5. The van der Waals surface area contributed by atoms with Crippen LogP contribution in [0.15, 0.2) is 146 Å². The summed E-state index contributed by atoms with van der Waals surface area (Å²) in [6.45, 7) is 13.4. The minimum Gasteiger partial charge on any atom is -0.313 e. The van der Waals surface area contributed by atoms with Gasteiger partial charge < -0.3 is 9.80 Å². The van der Waals surface area contributed by atoms with Crippen molar-refractivity contribution in [1.29, 1.82) is 0 Å². The molecule has 1 aliphatic rings. The van der Waals surface area contributed by atoms with Gasteiger partial charge >= 0.3 is 0 Å². The monoisotopic (exact) mass is 574 g/mol. The minimum atomic E-state index is -0.680. The van der Waals surface area contributed by atoms with Crippen molar-refractivity contribution in [1.82, 2.24) is 0 Å².